The highest BCUT2D eigenvalue weighted by Gasteiger charge is 2.35. The maximum atomic E-state index is 12.5. The Hall–Kier alpha value is -2.17. The van der Waals surface area contributed by atoms with Crippen LogP contribution in [0.2, 0.25) is 0 Å². The van der Waals surface area contributed by atoms with Crippen LogP contribution in [0.25, 0.3) is 0 Å². The molecule has 0 radical (unpaired) electrons. The van der Waals surface area contributed by atoms with Crippen molar-refractivity contribution < 1.29 is 45.7 Å². The standard InChI is InChI=1S/C16H19F6NO4/c1-9(7-10(8-23)14(24)25)5-6-11-12(26-15(17,18)19)3-2-4-13(11)27-16(20,21)22/h2-4,9-10H,5-8,23H2,1H3,(H,24,25). The summed E-state index contributed by atoms with van der Waals surface area (Å²) in [6.45, 7) is 1.50. The molecule has 0 aromatic heterocycles. The Labute approximate surface area is 151 Å². The van der Waals surface area contributed by atoms with Gasteiger partial charge in [-0.2, -0.15) is 0 Å². The van der Waals surface area contributed by atoms with E-state index in [1.165, 1.54) is 0 Å². The van der Waals surface area contributed by atoms with Gasteiger partial charge in [-0.25, -0.2) is 0 Å². The summed E-state index contributed by atoms with van der Waals surface area (Å²) in [4.78, 5) is 11.0. The number of carbonyl (C=O) groups is 1. The molecule has 2 atom stereocenters. The van der Waals surface area contributed by atoms with Crippen LogP contribution in [0.15, 0.2) is 18.2 Å². The largest absolute Gasteiger partial charge is 0.573 e. The summed E-state index contributed by atoms with van der Waals surface area (Å²) in [6, 6.07) is 2.72. The van der Waals surface area contributed by atoms with Crippen LogP contribution in [0.5, 0.6) is 11.5 Å². The fourth-order valence-corrected chi connectivity index (χ4v) is 2.52. The topological polar surface area (TPSA) is 81.8 Å². The van der Waals surface area contributed by atoms with Crippen molar-refractivity contribution in [2.75, 3.05) is 6.54 Å². The van der Waals surface area contributed by atoms with Crippen LogP contribution in [-0.2, 0) is 11.2 Å². The third kappa shape index (κ3) is 8.37. The van der Waals surface area contributed by atoms with E-state index in [0.717, 1.165) is 18.2 Å². The van der Waals surface area contributed by atoms with Crippen molar-refractivity contribution in [2.45, 2.75) is 38.9 Å². The Morgan fingerprint density at radius 3 is 1.96 bits per heavy atom. The number of alkyl halides is 6. The smallest absolute Gasteiger partial charge is 0.481 e. The first-order valence-corrected chi connectivity index (χ1v) is 7.88. The van der Waals surface area contributed by atoms with E-state index < -0.39 is 41.7 Å². The van der Waals surface area contributed by atoms with Crippen LogP contribution in [0.1, 0.15) is 25.3 Å². The van der Waals surface area contributed by atoms with Gasteiger partial charge in [0.15, 0.2) is 0 Å². The monoisotopic (exact) mass is 403 g/mol. The summed E-state index contributed by atoms with van der Waals surface area (Å²) in [6.07, 6.45) is -10.2. The van der Waals surface area contributed by atoms with Crippen LogP contribution >= 0.6 is 0 Å². The summed E-state index contributed by atoms with van der Waals surface area (Å²) in [5, 5.41) is 8.98. The average molecular weight is 403 g/mol. The van der Waals surface area contributed by atoms with Crippen LogP contribution in [0.3, 0.4) is 0 Å². The second kappa shape index (κ2) is 9.16. The quantitative estimate of drug-likeness (QED) is 0.607. The first-order valence-electron chi connectivity index (χ1n) is 7.88. The van der Waals surface area contributed by atoms with E-state index >= 15 is 0 Å². The van der Waals surface area contributed by atoms with Crippen molar-refractivity contribution in [1.82, 2.24) is 0 Å². The SMILES string of the molecule is CC(CCc1c(OC(F)(F)F)cccc1OC(F)(F)F)CC(CN)C(=O)O. The molecule has 5 nitrogen and oxygen atoms in total. The minimum Gasteiger partial charge on any atom is -0.481 e. The van der Waals surface area contributed by atoms with Crippen LogP contribution in [0.4, 0.5) is 26.3 Å². The Bertz CT molecular complexity index is 598. The molecule has 2 unspecified atom stereocenters. The fraction of sp³-hybridized carbons (Fsp3) is 0.562. The molecule has 0 aliphatic heterocycles. The number of aliphatic carboxylic acids is 1. The number of nitrogens with two attached hydrogens (primary N) is 1. The van der Waals surface area contributed by atoms with Crippen molar-refractivity contribution in [3.8, 4) is 11.5 Å². The molecule has 0 fully saturated rings. The molecule has 0 aliphatic rings. The number of hydrogen-bond donors (Lipinski definition) is 2. The van der Waals surface area contributed by atoms with Gasteiger partial charge in [-0.15, -0.1) is 26.3 Å². The number of carboxylic acid groups (broad SMARTS) is 1. The van der Waals surface area contributed by atoms with E-state index in [9.17, 15) is 31.1 Å². The first kappa shape index (κ1) is 22.9. The van der Waals surface area contributed by atoms with E-state index in [1.807, 2.05) is 0 Å². The Kier molecular flexibility index (Phi) is 7.76. The molecule has 3 N–H and O–H groups in total. The van der Waals surface area contributed by atoms with Gasteiger partial charge in [-0.05, 0) is 37.3 Å². The fourth-order valence-electron chi connectivity index (χ4n) is 2.52. The predicted octanol–water partition coefficient (Wildman–Crippen LogP) is 4.10. The second-order valence-electron chi connectivity index (χ2n) is 5.98. The zero-order chi connectivity index (χ0) is 20.8. The first-order chi connectivity index (χ1) is 12.3. The molecule has 11 heteroatoms. The molecule has 1 rings (SSSR count). The molecule has 0 heterocycles. The average Bonchev–Trinajstić information content (AvgIpc) is 2.48. The number of ether oxygens (including phenoxy) is 2. The molecular weight excluding hydrogens is 384 g/mol. The lowest BCUT2D eigenvalue weighted by Crippen LogP contribution is -2.25. The maximum Gasteiger partial charge on any atom is 0.573 e. The number of carboxylic acids is 1. The number of benzene rings is 1. The van der Waals surface area contributed by atoms with E-state index in [4.69, 9.17) is 10.8 Å². The van der Waals surface area contributed by atoms with E-state index in [2.05, 4.69) is 9.47 Å². The third-order valence-corrected chi connectivity index (χ3v) is 3.75. The molecule has 1 aromatic carbocycles. The number of halogens is 6. The molecule has 0 spiro atoms. The third-order valence-electron chi connectivity index (χ3n) is 3.75. The van der Waals surface area contributed by atoms with Crippen molar-refractivity contribution in [1.29, 1.82) is 0 Å². The van der Waals surface area contributed by atoms with Crippen molar-refractivity contribution in [2.24, 2.45) is 17.6 Å². The van der Waals surface area contributed by atoms with E-state index in [0.29, 0.717) is 0 Å². The van der Waals surface area contributed by atoms with Crippen LogP contribution in [-0.4, -0.2) is 30.3 Å². The zero-order valence-corrected chi connectivity index (χ0v) is 14.2. The Morgan fingerprint density at radius 2 is 1.59 bits per heavy atom. The van der Waals surface area contributed by atoms with Gasteiger partial charge in [-0.3, -0.25) is 4.79 Å². The van der Waals surface area contributed by atoms with Gasteiger partial charge in [0, 0.05) is 12.1 Å². The van der Waals surface area contributed by atoms with Crippen LogP contribution in [0, 0.1) is 11.8 Å². The van der Waals surface area contributed by atoms with Gasteiger partial charge in [0.05, 0.1) is 5.92 Å². The maximum absolute atomic E-state index is 12.5. The molecule has 0 saturated heterocycles. The normalized spacial score (nSPS) is 14.5. The number of hydrogen-bond acceptors (Lipinski definition) is 4. The van der Waals surface area contributed by atoms with Gasteiger partial charge in [0.2, 0.25) is 0 Å². The van der Waals surface area contributed by atoms with Crippen molar-refractivity contribution in [3.05, 3.63) is 23.8 Å². The van der Waals surface area contributed by atoms with Gasteiger partial charge in [-0.1, -0.05) is 13.0 Å². The Balaban J connectivity index is 3.02. The zero-order valence-electron chi connectivity index (χ0n) is 14.2. The molecule has 0 aliphatic carbocycles. The minimum absolute atomic E-state index is 0.107. The highest BCUT2D eigenvalue weighted by molar-refractivity contribution is 5.70. The van der Waals surface area contributed by atoms with Gasteiger partial charge in [0.25, 0.3) is 0 Å². The molecule has 0 saturated carbocycles. The molecule has 0 bridgehead atoms. The summed E-state index contributed by atoms with van der Waals surface area (Å²) in [7, 11) is 0. The molecule has 0 amide bonds. The summed E-state index contributed by atoms with van der Waals surface area (Å²) >= 11 is 0. The lowest BCUT2D eigenvalue weighted by Gasteiger charge is -2.20. The number of rotatable bonds is 9. The second-order valence-corrected chi connectivity index (χ2v) is 5.98. The minimum atomic E-state index is -5.09. The molecule has 154 valence electrons. The van der Waals surface area contributed by atoms with Crippen molar-refractivity contribution >= 4 is 5.97 Å². The van der Waals surface area contributed by atoms with Gasteiger partial charge in [0.1, 0.15) is 11.5 Å². The van der Waals surface area contributed by atoms with Crippen LogP contribution < -0.4 is 15.2 Å². The lowest BCUT2D eigenvalue weighted by molar-refractivity contribution is -0.277. The van der Waals surface area contributed by atoms with E-state index in [1.54, 1.807) is 6.92 Å². The molecule has 27 heavy (non-hydrogen) atoms. The summed E-state index contributed by atoms with van der Waals surface area (Å²) in [5.74, 6) is -3.90. The van der Waals surface area contributed by atoms with Gasteiger partial charge < -0.3 is 20.3 Å². The Morgan fingerprint density at radius 1 is 1.11 bits per heavy atom. The summed E-state index contributed by atoms with van der Waals surface area (Å²) < 4.78 is 82.8. The predicted molar refractivity (Wildman–Crippen MR) is 82.1 cm³/mol. The molecule has 1 aromatic rings. The highest BCUT2D eigenvalue weighted by Crippen LogP contribution is 2.37. The molecular formula is C16H19F6NO4. The summed E-state index contributed by atoms with van der Waals surface area (Å²) in [5.41, 5.74) is 4.94. The highest BCUT2D eigenvalue weighted by atomic mass is 19.4. The van der Waals surface area contributed by atoms with E-state index in [-0.39, 0.29) is 31.7 Å². The van der Waals surface area contributed by atoms with Crippen molar-refractivity contribution in [3.63, 3.8) is 0 Å². The lowest BCUT2D eigenvalue weighted by atomic mass is 9.90. The van der Waals surface area contributed by atoms with Gasteiger partial charge >= 0.3 is 18.7 Å².